The molecule has 0 saturated heterocycles. The lowest BCUT2D eigenvalue weighted by Gasteiger charge is -2.08. The highest BCUT2D eigenvalue weighted by atomic mass is 16.5. The molecule has 0 heterocycles. The fourth-order valence-corrected chi connectivity index (χ4v) is 1.12. The molecule has 1 aromatic carbocycles. The van der Waals surface area contributed by atoms with Crippen LogP contribution >= 0.6 is 0 Å². The maximum absolute atomic E-state index is 10.7. The molecule has 0 aliphatic carbocycles. The van der Waals surface area contributed by atoms with Gasteiger partial charge in [0.05, 0.1) is 5.56 Å². The molecule has 0 aromatic heterocycles. The second-order valence-corrected chi connectivity index (χ2v) is 3.74. The van der Waals surface area contributed by atoms with Gasteiger partial charge in [-0.2, -0.15) is 0 Å². The van der Waals surface area contributed by atoms with Crippen molar-refractivity contribution in [2.24, 2.45) is 0 Å². The normalized spacial score (nSPS) is 9.76. The standard InChI is InChI=1S/C12H14O5/c1-7(2)3-4-17-10-6-8(12(15)16)5-9(13)11(10)14/h3,5-6,13-14H,4H2,1-2H3,(H,15,16). The van der Waals surface area contributed by atoms with E-state index < -0.39 is 17.5 Å². The van der Waals surface area contributed by atoms with E-state index in [2.05, 4.69) is 0 Å². The fourth-order valence-electron chi connectivity index (χ4n) is 1.12. The van der Waals surface area contributed by atoms with Crippen LogP contribution in [0.1, 0.15) is 24.2 Å². The minimum absolute atomic E-state index is 0.0556. The molecule has 0 amide bonds. The summed E-state index contributed by atoms with van der Waals surface area (Å²) in [6, 6.07) is 2.13. The molecule has 92 valence electrons. The minimum Gasteiger partial charge on any atom is -0.504 e. The van der Waals surface area contributed by atoms with Crippen LogP contribution in [0.15, 0.2) is 23.8 Å². The number of phenolic OH excluding ortho intramolecular Hbond substituents is 2. The molecule has 0 radical (unpaired) electrons. The quantitative estimate of drug-likeness (QED) is 0.552. The summed E-state index contributed by atoms with van der Waals surface area (Å²) in [5, 5.41) is 27.6. The van der Waals surface area contributed by atoms with Crippen LogP contribution in [-0.2, 0) is 0 Å². The summed E-state index contributed by atoms with van der Waals surface area (Å²) in [4.78, 5) is 10.7. The zero-order valence-corrected chi connectivity index (χ0v) is 9.60. The first-order chi connectivity index (χ1) is 7.91. The molecule has 0 saturated carbocycles. The Bertz CT molecular complexity index is 458. The molecule has 3 N–H and O–H groups in total. The largest absolute Gasteiger partial charge is 0.504 e. The van der Waals surface area contributed by atoms with Crippen LogP contribution in [0.2, 0.25) is 0 Å². The summed E-state index contributed by atoms with van der Waals surface area (Å²) >= 11 is 0. The number of allylic oxidation sites excluding steroid dienone is 1. The van der Waals surface area contributed by atoms with Gasteiger partial charge in [0, 0.05) is 0 Å². The number of aromatic hydroxyl groups is 2. The lowest BCUT2D eigenvalue weighted by Crippen LogP contribution is -1.99. The van der Waals surface area contributed by atoms with E-state index in [4.69, 9.17) is 9.84 Å². The number of aromatic carboxylic acids is 1. The van der Waals surface area contributed by atoms with Crippen molar-refractivity contribution in [3.05, 3.63) is 29.3 Å². The third-order valence-corrected chi connectivity index (χ3v) is 2.03. The van der Waals surface area contributed by atoms with Crippen molar-refractivity contribution in [1.82, 2.24) is 0 Å². The first-order valence-corrected chi connectivity index (χ1v) is 4.97. The van der Waals surface area contributed by atoms with Gasteiger partial charge in [-0.3, -0.25) is 0 Å². The van der Waals surface area contributed by atoms with Crippen molar-refractivity contribution >= 4 is 5.97 Å². The second-order valence-electron chi connectivity index (χ2n) is 3.74. The van der Waals surface area contributed by atoms with Crippen molar-refractivity contribution in [2.75, 3.05) is 6.61 Å². The second kappa shape index (κ2) is 5.25. The number of carboxylic acid groups (broad SMARTS) is 1. The molecule has 0 bridgehead atoms. The Morgan fingerprint density at radius 1 is 1.35 bits per heavy atom. The van der Waals surface area contributed by atoms with E-state index in [1.165, 1.54) is 0 Å². The highest BCUT2D eigenvalue weighted by Crippen LogP contribution is 2.36. The number of carboxylic acids is 1. The van der Waals surface area contributed by atoms with Gasteiger partial charge in [-0.15, -0.1) is 0 Å². The number of hydrogen-bond donors (Lipinski definition) is 3. The van der Waals surface area contributed by atoms with Gasteiger partial charge in [0.2, 0.25) is 5.75 Å². The zero-order valence-electron chi connectivity index (χ0n) is 9.60. The average Bonchev–Trinajstić information content (AvgIpc) is 2.23. The molecule has 0 aliphatic rings. The smallest absolute Gasteiger partial charge is 0.335 e. The van der Waals surface area contributed by atoms with Crippen molar-refractivity contribution in [3.63, 3.8) is 0 Å². The summed E-state index contributed by atoms with van der Waals surface area (Å²) in [5.41, 5.74) is 0.885. The van der Waals surface area contributed by atoms with Crippen molar-refractivity contribution in [3.8, 4) is 17.2 Å². The molecule has 0 atom stereocenters. The summed E-state index contributed by atoms with van der Waals surface area (Å²) < 4.78 is 5.17. The van der Waals surface area contributed by atoms with Crippen LogP contribution in [0.3, 0.4) is 0 Å². The monoisotopic (exact) mass is 238 g/mol. The molecule has 5 heteroatoms. The average molecular weight is 238 g/mol. The van der Waals surface area contributed by atoms with Crippen LogP contribution in [0.5, 0.6) is 17.2 Å². The van der Waals surface area contributed by atoms with Gasteiger partial charge in [-0.25, -0.2) is 4.79 Å². The van der Waals surface area contributed by atoms with Crippen molar-refractivity contribution in [2.45, 2.75) is 13.8 Å². The van der Waals surface area contributed by atoms with Gasteiger partial charge < -0.3 is 20.1 Å². The number of hydrogen-bond acceptors (Lipinski definition) is 4. The van der Waals surface area contributed by atoms with E-state index in [0.29, 0.717) is 0 Å². The number of phenols is 2. The number of ether oxygens (including phenoxy) is 1. The molecule has 0 aliphatic heterocycles. The summed E-state index contributed by atoms with van der Waals surface area (Å²) in [5.74, 6) is -2.23. The van der Waals surface area contributed by atoms with Gasteiger partial charge in [0.1, 0.15) is 6.61 Å². The van der Waals surface area contributed by atoms with Gasteiger partial charge in [-0.05, 0) is 32.1 Å². The molecule has 0 spiro atoms. The van der Waals surface area contributed by atoms with E-state index in [1.807, 2.05) is 13.8 Å². The Balaban J connectivity index is 2.97. The van der Waals surface area contributed by atoms with Gasteiger partial charge in [-0.1, -0.05) is 5.57 Å². The first-order valence-electron chi connectivity index (χ1n) is 4.97. The van der Waals surface area contributed by atoms with Gasteiger partial charge >= 0.3 is 5.97 Å². The van der Waals surface area contributed by atoms with Crippen LogP contribution in [0.25, 0.3) is 0 Å². The first kappa shape index (κ1) is 12.9. The lowest BCUT2D eigenvalue weighted by molar-refractivity contribution is 0.0696. The van der Waals surface area contributed by atoms with Gasteiger partial charge in [0.25, 0.3) is 0 Å². The van der Waals surface area contributed by atoms with Crippen LogP contribution in [0.4, 0.5) is 0 Å². The molecule has 0 unspecified atom stereocenters. The van der Waals surface area contributed by atoms with Crippen LogP contribution in [0, 0.1) is 0 Å². The number of carbonyl (C=O) groups is 1. The number of rotatable bonds is 4. The molecule has 0 fully saturated rings. The Hall–Kier alpha value is -2.17. The topological polar surface area (TPSA) is 87.0 Å². The van der Waals surface area contributed by atoms with E-state index in [9.17, 15) is 15.0 Å². The van der Waals surface area contributed by atoms with Crippen LogP contribution < -0.4 is 4.74 Å². The predicted molar refractivity (Wildman–Crippen MR) is 61.7 cm³/mol. The zero-order chi connectivity index (χ0) is 13.0. The lowest BCUT2D eigenvalue weighted by atomic mass is 10.2. The molecule has 1 rings (SSSR count). The third kappa shape index (κ3) is 3.41. The Kier molecular flexibility index (Phi) is 3.98. The number of benzene rings is 1. The SMILES string of the molecule is CC(C)=CCOc1cc(C(=O)O)cc(O)c1O. The van der Waals surface area contributed by atoms with E-state index in [1.54, 1.807) is 6.08 Å². The predicted octanol–water partition coefficient (Wildman–Crippen LogP) is 2.14. The summed E-state index contributed by atoms with van der Waals surface area (Å²) in [7, 11) is 0. The Morgan fingerprint density at radius 2 is 2.00 bits per heavy atom. The highest BCUT2D eigenvalue weighted by molar-refractivity contribution is 5.89. The maximum atomic E-state index is 10.7. The van der Waals surface area contributed by atoms with E-state index in [0.717, 1.165) is 17.7 Å². The molecule has 1 aromatic rings. The molecular formula is C12H14O5. The third-order valence-electron chi connectivity index (χ3n) is 2.03. The summed E-state index contributed by atoms with van der Waals surface area (Å²) in [6.45, 7) is 3.96. The van der Waals surface area contributed by atoms with Crippen LogP contribution in [-0.4, -0.2) is 27.9 Å². The molecule has 5 nitrogen and oxygen atoms in total. The fraction of sp³-hybridized carbons (Fsp3) is 0.250. The Labute approximate surface area is 98.6 Å². The maximum Gasteiger partial charge on any atom is 0.335 e. The highest BCUT2D eigenvalue weighted by Gasteiger charge is 2.13. The van der Waals surface area contributed by atoms with E-state index >= 15 is 0 Å². The minimum atomic E-state index is -1.20. The van der Waals surface area contributed by atoms with E-state index in [-0.39, 0.29) is 17.9 Å². The van der Waals surface area contributed by atoms with Crippen molar-refractivity contribution in [1.29, 1.82) is 0 Å². The Morgan fingerprint density at radius 3 is 2.53 bits per heavy atom. The molecular weight excluding hydrogens is 224 g/mol. The summed E-state index contributed by atoms with van der Waals surface area (Å²) in [6.07, 6.45) is 1.77. The molecule has 17 heavy (non-hydrogen) atoms. The van der Waals surface area contributed by atoms with Gasteiger partial charge in [0.15, 0.2) is 11.5 Å². The van der Waals surface area contributed by atoms with Crippen molar-refractivity contribution < 1.29 is 24.9 Å².